The number of anilines is 1. The second-order valence-electron chi connectivity index (χ2n) is 3.34. The number of ether oxygens (including phenoxy) is 1. The molecule has 0 radical (unpaired) electrons. The van der Waals surface area contributed by atoms with Crippen LogP contribution in [0.25, 0.3) is 0 Å². The van der Waals surface area contributed by atoms with Crippen LogP contribution in [0.5, 0.6) is 0 Å². The van der Waals surface area contributed by atoms with Gasteiger partial charge in [0.05, 0.1) is 12.0 Å². The number of hydrogen-bond acceptors (Lipinski definition) is 4. The first-order chi connectivity index (χ1) is 8.04. The molecule has 1 aromatic carbocycles. The Hall–Kier alpha value is -1.30. The molecule has 17 heavy (non-hydrogen) atoms. The third-order valence-electron chi connectivity index (χ3n) is 2.02. The summed E-state index contributed by atoms with van der Waals surface area (Å²) in [6.45, 7) is 0. The molecule has 0 atom stereocenters. The lowest BCUT2D eigenvalue weighted by molar-refractivity contribution is -0.140. The number of methoxy groups -OCH3 is 1. The smallest absolute Gasteiger partial charge is 0.305 e. The van der Waals surface area contributed by atoms with E-state index in [4.69, 9.17) is 5.73 Å². The second-order valence-corrected chi connectivity index (χ2v) is 4.45. The van der Waals surface area contributed by atoms with Gasteiger partial charge in [0.15, 0.2) is 0 Å². The van der Waals surface area contributed by atoms with Crippen molar-refractivity contribution in [2.45, 2.75) is 17.7 Å². The molecule has 0 aliphatic rings. The lowest BCUT2D eigenvalue weighted by Gasteiger charge is -2.05. The summed E-state index contributed by atoms with van der Waals surface area (Å²) in [5.74, 6) is -1.24. The Bertz CT molecular complexity index is 389. The predicted octanol–water partition coefficient (Wildman–Crippen LogP) is 2.59. The molecule has 0 fully saturated rings. The minimum Gasteiger partial charge on any atom is -0.469 e. The fourth-order valence-electron chi connectivity index (χ4n) is 1.21. The number of hydrogen-bond donors (Lipinski definition) is 1. The molecule has 0 amide bonds. The maximum absolute atomic E-state index is 13.3. The van der Waals surface area contributed by atoms with Gasteiger partial charge < -0.3 is 10.5 Å². The molecule has 1 rings (SSSR count). The van der Waals surface area contributed by atoms with Crippen LogP contribution in [0, 0.1) is 11.6 Å². The number of halogens is 2. The lowest BCUT2D eigenvalue weighted by Crippen LogP contribution is -2.00. The zero-order valence-corrected chi connectivity index (χ0v) is 10.2. The van der Waals surface area contributed by atoms with Crippen LogP contribution < -0.4 is 5.73 Å². The van der Waals surface area contributed by atoms with Gasteiger partial charge in [-0.1, -0.05) is 0 Å². The van der Waals surface area contributed by atoms with E-state index in [2.05, 4.69) is 4.74 Å². The summed E-state index contributed by atoms with van der Waals surface area (Å²) >= 11 is 1.02. The summed E-state index contributed by atoms with van der Waals surface area (Å²) in [5.41, 5.74) is 5.35. The Morgan fingerprint density at radius 3 is 2.53 bits per heavy atom. The third-order valence-corrected chi connectivity index (χ3v) is 3.19. The van der Waals surface area contributed by atoms with E-state index in [0.717, 1.165) is 23.9 Å². The molecular weight excluding hydrogens is 248 g/mol. The van der Waals surface area contributed by atoms with E-state index >= 15 is 0 Å². The van der Waals surface area contributed by atoms with Crippen molar-refractivity contribution in [1.29, 1.82) is 0 Å². The molecule has 0 bridgehead atoms. The van der Waals surface area contributed by atoms with E-state index in [1.54, 1.807) is 0 Å². The van der Waals surface area contributed by atoms with Crippen molar-refractivity contribution in [3.05, 3.63) is 23.8 Å². The highest BCUT2D eigenvalue weighted by atomic mass is 32.2. The summed E-state index contributed by atoms with van der Waals surface area (Å²) in [7, 11) is 1.30. The van der Waals surface area contributed by atoms with Crippen molar-refractivity contribution >= 4 is 23.4 Å². The molecule has 0 aliphatic carbocycles. The molecule has 0 aromatic heterocycles. The monoisotopic (exact) mass is 261 g/mol. The number of carbonyl (C=O) groups excluding carboxylic acids is 1. The van der Waals surface area contributed by atoms with Gasteiger partial charge in [-0.15, -0.1) is 11.8 Å². The number of thioether (sulfide) groups is 1. The minimum absolute atomic E-state index is 0.0545. The van der Waals surface area contributed by atoms with Crippen molar-refractivity contribution in [2.75, 3.05) is 18.6 Å². The van der Waals surface area contributed by atoms with Crippen molar-refractivity contribution < 1.29 is 18.3 Å². The van der Waals surface area contributed by atoms with Gasteiger partial charge in [0.2, 0.25) is 0 Å². The molecule has 3 nitrogen and oxygen atoms in total. The molecule has 6 heteroatoms. The standard InChI is InChI=1S/C11H13F2NO2S/c1-16-10(15)3-2-4-17-11-8(12)5-7(14)6-9(11)13/h5-6H,2-4,14H2,1H3. The molecule has 0 aliphatic heterocycles. The Balaban J connectivity index is 2.50. The molecular formula is C11H13F2NO2S. The first kappa shape index (κ1) is 13.8. The highest BCUT2D eigenvalue weighted by Crippen LogP contribution is 2.27. The van der Waals surface area contributed by atoms with E-state index in [-0.39, 0.29) is 23.0 Å². The second kappa shape index (κ2) is 6.44. The van der Waals surface area contributed by atoms with Crippen LogP contribution in [0.4, 0.5) is 14.5 Å². The maximum Gasteiger partial charge on any atom is 0.305 e. The van der Waals surface area contributed by atoms with E-state index in [1.165, 1.54) is 7.11 Å². The summed E-state index contributed by atoms with van der Waals surface area (Å²) < 4.78 is 31.1. The minimum atomic E-state index is -0.675. The molecule has 0 unspecified atom stereocenters. The van der Waals surface area contributed by atoms with Gasteiger partial charge in [-0.3, -0.25) is 4.79 Å². The average molecular weight is 261 g/mol. The Labute approximate surface area is 102 Å². The summed E-state index contributed by atoms with van der Waals surface area (Å²) in [5, 5.41) is 0. The summed E-state index contributed by atoms with van der Waals surface area (Å²) in [6, 6.07) is 2.15. The third kappa shape index (κ3) is 4.22. The van der Waals surface area contributed by atoms with Crippen LogP contribution in [0.3, 0.4) is 0 Å². The number of esters is 1. The molecule has 0 saturated heterocycles. The molecule has 2 N–H and O–H groups in total. The van der Waals surface area contributed by atoms with Gasteiger partial charge in [0.1, 0.15) is 11.6 Å². The zero-order valence-electron chi connectivity index (χ0n) is 9.33. The highest BCUT2D eigenvalue weighted by Gasteiger charge is 2.11. The number of nitrogens with two attached hydrogens (primary N) is 1. The predicted molar refractivity (Wildman–Crippen MR) is 62.7 cm³/mol. The maximum atomic E-state index is 13.3. The van der Waals surface area contributed by atoms with E-state index in [1.807, 2.05) is 0 Å². The summed E-state index contributed by atoms with van der Waals surface area (Å²) in [6.07, 6.45) is 0.738. The Morgan fingerprint density at radius 1 is 1.41 bits per heavy atom. The van der Waals surface area contributed by atoms with Gasteiger partial charge in [-0.2, -0.15) is 0 Å². The fraction of sp³-hybridized carbons (Fsp3) is 0.364. The quantitative estimate of drug-likeness (QED) is 0.383. The lowest BCUT2D eigenvalue weighted by atomic mass is 10.3. The van der Waals surface area contributed by atoms with Gasteiger partial charge in [-0.25, -0.2) is 8.78 Å². The van der Waals surface area contributed by atoms with Crippen LogP contribution in [-0.2, 0) is 9.53 Å². The van der Waals surface area contributed by atoms with Crippen LogP contribution in [0.2, 0.25) is 0 Å². The van der Waals surface area contributed by atoms with Gasteiger partial charge >= 0.3 is 5.97 Å². The van der Waals surface area contributed by atoms with E-state index in [0.29, 0.717) is 12.2 Å². The largest absolute Gasteiger partial charge is 0.469 e. The normalized spacial score (nSPS) is 10.3. The fourth-order valence-corrected chi connectivity index (χ4v) is 2.10. The van der Waals surface area contributed by atoms with E-state index in [9.17, 15) is 13.6 Å². The van der Waals surface area contributed by atoms with Crippen molar-refractivity contribution in [3.8, 4) is 0 Å². The number of rotatable bonds is 5. The first-order valence-electron chi connectivity index (χ1n) is 4.98. The van der Waals surface area contributed by atoms with Gasteiger partial charge in [0.25, 0.3) is 0 Å². The van der Waals surface area contributed by atoms with Crippen LogP contribution >= 0.6 is 11.8 Å². The molecule has 0 heterocycles. The molecule has 94 valence electrons. The van der Waals surface area contributed by atoms with Crippen LogP contribution in [0.15, 0.2) is 17.0 Å². The SMILES string of the molecule is COC(=O)CCCSc1c(F)cc(N)cc1F. The van der Waals surface area contributed by atoms with E-state index < -0.39 is 11.6 Å². The molecule has 0 spiro atoms. The number of benzene rings is 1. The van der Waals surface area contributed by atoms with Gasteiger partial charge in [0, 0.05) is 12.1 Å². The average Bonchev–Trinajstić information content (AvgIpc) is 2.26. The topological polar surface area (TPSA) is 52.3 Å². The molecule has 0 saturated carbocycles. The summed E-state index contributed by atoms with van der Waals surface area (Å²) in [4.78, 5) is 10.7. The zero-order chi connectivity index (χ0) is 12.8. The van der Waals surface area contributed by atoms with Crippen molar-refractivity contribution in [3.63, 3.8) is 0 Å². The van der Waals surface area contributed by atoms with Crippen LogP contribution in [0.1, 0.15) is 12.8 Å². The number of carbonyl (C=O) groups is 1. The highest BCUT2D eigenvalue weighted by molar-refractivity contribution is 7.99. The Kier molecular flexibility index (Phi) is 5.21. The van der Waals surface area contributed by atoms with Crippen LogP contribution in [-0.4, -0.2) is 18.8 Å². The Morgan fingerprint density at radius 2 is 2.00 bits per heavy atom. The van der Waals surface area contributed by atoms with Crippen molar-refractivity contribution in [2.24, 2.45) is 0 Å². The first-order valence-corrected chi connectivity index (χ1v) is 5.97. The van der Waals surface area contributed by atoms with Crippen molar-refractivity contribution in [1.82, 2.24) is 0 Å². The van der Waals surface area contributed by atoms with Gasteiger partial charge in [-0.05, 0) is 24.3 Å². The number of nitrogen functional groups attached to an aromatic ring is 1. The molecule has 1 aromatic rings.